The van der Waals surface area contributed by atoms with E-state index in [1.165, 1.54) is 5.38 Å². The summed E-state index contributed by atoms with van der Waals surface area (Å²) in [6, 6.07) is 2.69. The molecule has 0 bridgehead atoms. The van der Waals surface area contributed by atoms with E-state index in [-0.39, 0.29) is 16.4 Å². The molecular weight excluding hydrogens is 278 g/mol. The van der Waals surface area contributed by atoms with Gasteiger partial charge in [-0.1, -0.05) is 0 Å². The minimum Gasteiger partial charge on any atom is -0.476 e. The molecule has 98 valence electrons. The van der Waals surface area contributed by atoms with Gasteiger partial charge in [-0.3, -0.25) is 10.1 Å². The number of halogens is 2. The summed E-state index contributed by atoms with van der Waals surface area (Å²) in [4.78, 5) is 25.9. The topological polar surface area (TPSA) is 79.3 Å². The van der Waals surface area contributed by atoms with Crippen molar-refractivity contribution >= 4 is 28.3 Å². The maximum atomic E-state index is 12.9. The Morgan fingerprint density at radius 3 is 2.58 bits per heavy atom. The van der Waals surface area contributed by atoms with Crippen LogP contribution in [0.15, 0.2) is 23.6 Å². The van der Waals surface area contributed by atoms with Gasteiger partial charge >= 0.3 is 5.97 Å². The number of amides is 1. The molecule has 2 N–H and O–H groups in total. The molecule has 0 saturated carbocycles. The van der Waals surface area contributed by atoms with Crippen molar-refractivity contribution in [2.45, 2.75) is 0 Å². The maximum absolute atomic E-state index is 12.9. The Morgan fingerprint density at radius 2 is 2.00 bits per heavy atom. The number of nitrogens with one attached hydrogen (secondary N) is 1. The highest BCUT2D eigenvalue weighted by Gasteiger charge is 2.13. The molecule has 0 aliphatic carbocycles. The van der Waals surface area contributed by atoms with E-state index in [0.717, 1.165) is 29.5 Å². The third kappa shape index (κ3) is 2.91. The first-order valence-corrected chi connectivity index (χ1v) is 5.80. The highest BCUT2D eigenvalue weighted by molar-refractivity contribution is 7.14. The number of carbonyl (C=O) groups excluding carboxylic acids is 1. The maximum Gasteiger partial charge on any atom is 0.355 e. The first kappa shape index (κ1) is 13.1. The van der Waals surface area contributed by atoms with Crippen molar-refractivity contribution in [3.63, 3.8) is 0 Å². The monoisotopic (exact) mass is 284 g/mol. The fourth-order valence-corrected chi connectivity index (χ4v) is 1.92. The number of anilines is 1. The Hall–Kier alpha value is -2.35. The van der Waals surface area contributed by atoms with Crippen LogP contribution in [-0.2, 0) is 0 Å². The average molecular weight is 284 g/mol. The van der Waals surface area contributed by atoms with Crippen LogP contribution in [-0.4, -0.2) is 22.0 Å². The summed E-state index contributed by atoms with van der Waals surface area (Å²) in [6.45, 7) is 0. The quantitative estimate of drug-likeness (QED) is 0.906. The molecule has 0 fully saturated rings. The molecule has 1 aromatic heterocycles. The number of nitrogens with zero attached hydrogens (tertiary/aromatic N) is 1. The lowest BCUT2D eigenvalue weighted by Crippen LogP contribution is -2.12. The Morgan fingerprint density at radius 1 is 1.26 bits per heavy atom. The first-order valence-electron chi connectivity index (χ1n) is 4.92. The zero-order chi connectivity index (χ0) is 14.0. The zero-order valence-electron chi connectivity index (χ0n) is 9.18. The van der Waals surface area contributed by atoms with E-state index in [2.05, 4.69) is 10.3 Å². The number of aromatic carboxylic acids is 1. The van der Waals surface area contributed by atoms with E-state index in [1.54, 1.807) is 0 Å². The lowest BCUT2D eigenvalue weighted by Gasteiger charge is -2.01. The SMILES string of the molecule is O=C(Nc1nc(C(=O)O)cs1)c1ccc(F)c(F)c1. The van der Waals surface area contributed by atoms with Gasteiger partial charge in [-0.25, -0.2) is 18.6 Å². The predicted octanol–water partition coefficient (Wildman–Crippen LogP) is 2.37. The van der Waals surface area contributed by atoms with Gasteiger partial charge in [-0.05, 0) is 18.2 Å². The second-order valence-corrected chi connectivity index (χ2v) is 4.28. The number of hydrogen-bond donors (Lipinski definition) is 2. The number of carbonyl (C=O) groups is 2. The third-order valence-corrected chi connectivity index (χ3v) is 2.88. The first-order chi connectivity index (χ1) is 8.97. The molecule has 0 unspecified atom stereocenters. The molecule has 1 heterocycles. The highest BCUT2D eigenvalue weighted by atomic mass is 32.1. The second kappa shape index (κ2) is 5.11. The average Bonchev–Trinajstić information content (AvgIpc) is 2.81. The Bertz CT molecular complexity index is 657. The van der Waals surface area contributed by atoms with Crippen molar-refractivity contribution in [1.29, 1.82) is 0 Å². The van der Waals surface area contributed by atoms with Crippen LogP contribution in [0.5, 0.6) is 0 Å². The lowest BCUT2D eigenvalue weighted by atomic mass is 10.2. The van der Waals surface area contributed by atoms with E-state index in [9.17, 15) is 18.4 Å². The number of thiazole rings is 1. The summed E-state index contributed by atoms with van der Waals surface area (Å²) in [7, 11) is 0. The van der Waals surface area contributed by atoms with Gasteiger partial charge in [0.1, 0.15) is 0 Å². The Kier molecular flexibility index (Phi) is 3.52. The van der Waals surface area contributed by atoms with Crippen LogP contribution >= 0.6 is 11.3 Å². The normalized spacial score (nSPS) is 10.2. The minimum atomic E-state index is -1.22. The molecule has 0 saturated heterocycles. The number of carboxylic acid groups (broad SMARTS) is 1. The van der Waals surface area contributed by atoms with Crippen LogP contribution < -0.4 is 5.32 Å². The third-order valence-electron chi connectivity index (χ3n) is 2.13. The smallest absolute Gasteiger partial charge is 0.355 e. The summed E-state index contributed by atoms with van der Waals surface area (Å²) >= 11 is 0.917. The van der Waals surface area contributed by atoms with E-state index in [1.807, 2.05) is 0 Å². The van der Waals surface area contributed by atoms with Crippen molar-refractivity contribution in [3.05, 3.63) is 46.5 Å². The molecule has 1 amide bonds. The van der Waals surface area contributed by atoms with Crippen LogP contribution in [0.2, 0.25) is 0 Å². The number of hydrogen-bond acceptors (Lipinski definition) is 4. The van der Waals surface area contributed by atoms with Crippen LogP contribution in [0, 0.1) is 11.6 Å². The van der Waals surface area contributed by atoms with Gasteiger partial charge in [0.25, 0.3) is 5.91 Å². The van der Waals surface area contributed by atoms with Crippen molar-refractivity contribution in [2.75, 3.05) is 5.32 Å². The molecule has 0 radical (unpaired) electrons. The molecule has 1 aromatic carbocycles. The summed E-state index contributed by atoms with van der Waals surface area (Å²) in [5.74, 6) is -4.12. The lowest BCUT2D eigenvalue weighted by molar-refractivity contribution is 0.0691. The largest absolute Gasteiger partial charge is 0.476 e. The summed E-state index contributed by atoms with van der Waals surface area (Å²) < 4.78 is 25.6. The highest BCUT2D eigenvalue weighted by Crippen LogP contribution is 2.17. The minimum absolute atomic E-state index is 0.0622. The Labute approximate surface area is 109 Å². The fraction of sp³-hybridized carbons (Fsp3) is 0. The van der Waals surface area contributed by atoms with E-state index in [0.29, 0.717) is 0 Å². The van der Waals surface area contributed by atoms with E-state index >= 15 is 0 Å². The van der Waals surface area contributed by atoms with Crippen LogP contribution in [0.25, 0.3) is 0 Å². The van der Waals surface area contributed by atoms with Crippen LogP contribution in [0.4, 0.5) is 13.9 Å². The predicted molar refractivity (Wildman–Crippen MR) is 63.4 cm³/mol. The number of carboxylic acids is 1. The van der Waals surface area contributed by atoms with Crippen molar-refractivity contribution < 1.29 is 23.5 Å². The standard InChI is InChI=1S/C11H6F2N2O3S/c12-6-2-1-5(3-7(6)13)9(16)15-11-14-8(4-19-11)10(17)18/h1-4H,(H,17,18)(H,14,15,16). The van der Waals surface area contributed by atoms with Gasteiger partial charge in [0.15, 0.2) is 22.5 Å². The van der Waals surface area contributed by atoms with Gasteiger partial charge in [-0.15, -0.1) is 11.3 Å². The summed E-state index contributed by atoms with van der Waals surface area (Å²) in [5, 5.41) is 12.3. The van der Waals surface area contributed by atoms with E-state index < -0.39 is 23.5 Å². The van der Waals surface area contributed by atoms with Gasteiger partial charge in [-0.2, -0.15) is 0 Å². The molecule has 8 heteroatoms. The van der Waals surface area contributed by atoms with Gasteiger partial charge in [0, 0.05) is 10.9 Å². The molecule has 5 nitrogen and oxygen atoms in total. The Balaban J connectivity index is 2.15. The number of rotatable bonds is 3. The molecule has 0 atom stereocenters. The molecule has 2 aromatic rings. The molecule has 19 heavy (non-hydrogen) atoms. The van der Waals surface area contributed by atoms with Crippen molar-refractivity contribution in [1.82, 2.24) is 4.98 Å². The summed E-state index contributed by atoms with van der Waals surface area (Å²) in [6.07, 6.45) is 0. The van der Waals surface area contributed by atoms with Crippen LogP contribution in [0.1, 0.15) is 20.8 Å². The van der Waals surface area contributed by atoms with Gasteiger partial charge in [0.2, 0.25) is 0 Å². The number of benzene rings is 1. The molecule has 0 spiro atoms. The zero-order valence-corrected chi connectivity index (χ0v) is 10.0. The molecule has 0 aliphatic rings. The molecule has 0 aliphatic heterocycles. The molecular formula is C11H6F2N2O3S. The van der Waals surface area contributed by atoms with Gasteiger partial charge in [0.05, 0.1) is 0 Å². The van der Waals surface area contributed by atoms with Crippen molar-refractivity contribution in [2.24, 2.45) is 0 Å². The number of aromatic nitrogens is 1. The van der Waals surface area contributed by atoms with Crippen molar-refractivity contribution in [3.8, 4) is 0 Å². The summed E-state index contributed by atoms with van der Waals surface area (Å²) in [5.41, 5.74) is -0.295. The van der Waals surface area contributed by atoms with Gasteiger partial charge < -0.3 is 5.11 Å². The second-order valence-electron chi connectivity index (χ2n) is 3.43. The molecule has 2 rings (SSSR count). The van der Waals surface area contributed by atoms with Crippen LogP contribution in [0.3, 0.4) is 0 Å². The fourth-order valence-electron chi connectivity index (χ4n) is 1.24. The van der Waals surface area contributed by atoms with E-state index in [4.69, 9.17) is 5.11 Å².